The minimum atomic E-state index is -1.21. The third-order valence-electron chi connectivity index (χ3n) is 5.41. The molecule has 1 saturated heterocycles. The van der Waals surface area contributed by atoms with E-state index in [4.69, 9.17) is 0 Å². The van der Waals surface area contributed by atoms with Gasteiger partial charge in [-0.25, -0.2) is 13.7 Å². The van der Waals surface area contributed by atoms with Crippen LogP contribution in [0.5, 0.6) is 0 Å². The second-order valence-corrected chi connectivity index (χ2v) is 7.63. The van der Waals surface area contributed by atoms with Crippen molar-refractivity contribution in [1.29, 1.82) is 0 Å². The Hall–Kier alpha value is -4.47. The first kappa shape index (κ1) is 22.7. The number of halogens is 2. The van der Waals surface area contributed by atoms with Crippen molar-refractivity contribution in [2.75, 3.05) is 4.90 Å². The maximum atomic E-state index is 13.4. The van der Waals surface area contributed by atoms with Gasteiger partial charge in [0.1, 0.15) is 17.7 Å². The van der Waals surface area contributed by atoms with Crippen LogP contribution in [0.4, 0.5) is 20.2 Å². The van der Waals surface area contributed by atoms with Gasteiger partial charge in [-0.3, -0.25) is 24.5 Å². The lowest BCUT2D eigenvalue weighted by Crippen LogP contribution is -2.45. The number of nitro groups is 1. The van der Waals surface area contributed by atoms with Gasteiger partial charge < -0.3 is 4.90 Å². The number of anilines is 1. The fraction of sp³-hybridized carbons (Fsp3) is 0.125. The predicted octanol–water partition coefficient (Wildman–Crippen LogP) is 3.85. The van der Waals surface area contributed by atoms with Crippen molar-refractivity contribution in [1.82, 2.24) is 4.90 Å². The third kappa shape index (κ3) is 4.51. The Morgan fingerprint density at radius 2 is 1.62 bits per heavy atom. The van der Waals surface area contributed by atoms with E-state index in [9.17, 15) is 33.3 Å². The van der Waals surface area contributed by atoms with E-state index < -0.39 is 40.3 Å². The summed E-state index contributed by atoms with van der Waals surface area (Å²) < 4.78 is 26.7. The van der Waals surface area contributed by atoms with Crippen molar-refractivity contribution in [3.8, 4) is 0 Å². The number of hydrogen-bond donors (Lipinski definition) is 0. The smallest absolute Gasteiger partial charge is 0.270 e. The summed E-state index contributed by atoms with van der Waals surface area (Å²) in [6.45, 7) is -0.150. The average molecular weight is 465 g/mol. The highest BCUT2D eigenvalue weighted by Crippen LogP contribution is 2.28. The fourth-order valence-electron chi connectivity index (χ4n) is 3.75. The molecule has 8 nitrogen and oxygen atoms in total. The van der Waals surface area contributed by atoms with Gasteiger partial charge in [-0.15, -0.1) is 0 Å². The molecule has 0 saturated carbocycles. The lowest BCUT2D eigenvalue weighted by molar-refractivity contribution is -0.384. The van der Waals surface area contributed by atoms with E-state index in [1.54, 1.807) is 0 Å². The van der Waals surface area contributed by atoms with Gasteiger partial charge in [-0.05, 0) is 48.0 Å². The fourth-order valence-corrected chi connectivity index (χ4v) is 3.75. The van der Waals surface area contributed by atoms with E-state index in [-0.39, 0.29) is 29.9 Å². The molecule has 1 fully saturated rings. The first-order valence-corrected chi connectivity index (χ1v) is 10.2. The average Bonchev–Trinajstić information content (AvgIpc) is 3.12. The molecule has 0 aromatic heterocycles. The highest BCUT2D eigenvalue weighted by molar-refractivity contribution is 6.23. The second-order valence-electron chi connectivity index (χ2n) is 7.63. The number of carbonyl (C=O) groups is 3. The largest absolute Gasteiger partial charge is 0.322 e. The topological polar surface area (TPSA) is 101 Å². The van der Waals surface area contributed by atoms with Crippen LogP contribution in [-0.4, -0.2) is 33.6 Å². The molecule has 1 aliphatic heterocycles. The predicted molar refractivity (Wildman–Crippen MR) is 117 cm³/mol. The Bertz CT molecular complexity index is 1280. The number of amides is 3. The zero-order valence-electron chi connectivity index (χ0n) is 17.6. The standard InChI is InChI=1S/C24H17F2N3O5/c25-17-6-4-15(5-7-17)14-27(23(31)16-2-1-3-20(12-16)29(33)34)21-13-22(30)28(24(21)32)19-10-8-18(26)9-11-19/h1-12,21H,13-14H2. The van der Waals surface area contributed by atoms with Crippen LogP contribution < -0.4 is 4.90 Å². The minimum Gasteiger partial charge on any atom is -0.322 e. The van der Waals surface area contributed by atoms with Gasteiger partial charge in [0, 0.05) is 24.2 Å². The highest BCUT2D eigenvalue weighted by atomic mass is 19.1. The zero-order valence-corrected chi connectivity index (χ0v) is 17.6. The molecule has 0 radical (unpaired) electrons. The van der Waals surface area contributed by atoms with E-state index in [0.29, 0.717) is 5.56 Å². The quantitative estimate of drug-likeness (QED) is 0.313. The molecule has 1 atom stereocenters. The molecule has 0 bridgehead atoms. The molecule has 0 aliphatic carbocycles. The van der Waals surface area contributed by atoms with Crippen molar-refractivity contribution in [2.45, 2.75) is 19.0 Å². The molecule has 3 amide bonds. The van der Waals surface area contributed by atoms with Crippen molar-refractivity contribution >= 4 is 29.1 Å². The summed E-state index contributed by atoms with van der Waals surface area (Å²) in [6, 6.07) is 13.8. The lowest BCUT2D eigenvalue weighted by Gasteiger charge is -2.28. The van der Waals surface area contributed by atoms with Gasteiger partial charge in [0.15, 0.2) is 0 Å². The normalized spacial score (nSPS) is 15.5. The third-order valence-corrected chi connectivity index (χ3v) is 5.41. The van der Waals surface area contributed by atoms with Gasteiger partial charge in [0.25, 0.3) is 17.5 Å². The maximum absolute atomic E-state index is 13.4. The van der Waals surface area contributed by atoms with Gasteiger partial charge >= 0.3 is 0 Å². The lowest BCUT2D eigenvalue weighted by atomic mass is 10.1. The Balaban J connectivity index is 1.71. The van der Waals surface area contributed by atoms with Crippen molar-refractivity contribution in [2.24, 2.45) is 0 Å². The van der Waals surface area contributed by atoms with E-state index in [1.165, 1.54) is 54.6 Å². The van der Waals surface area contributed by atoms with Crippen LogP contribution in [0.25, 0.3) is 0 Å². The monoisotopic (exact) mass is 465 g/mol. The van der Waals surface area contributed by atoms with E-state index >= 15 is 0 Å². The molecule has 0 N–H and O–H groups in total. The molecule has 1 heterocycles. The number of non-ortho nitro benzene ring substituents is 1. The SMILES string of the molecule is O=C1CC(N(Cc2ccc(F)cc2)C(=O)c2cccc([N+](=O)[O-])c2)C(=O)N1c1ccc(F)cc1. The maximum Gasteiger partial charge on any atom is 0.270 e. The van der Waals surface area contributed by atoms with Crippen LogP contribution in [0.3, 0.4) is 0 Å². The number of carbonyl (C=O) groups excluding carboxylic acids is 3. The Kier molecular flexibility index (Phi) is 6.13. The summed E-state index contributed by atoms with van der Waals surface area (Å²) in [5.41, 5.74) is 0.287. The van der Waals surface area contributed by atoms with Crippen LogP contribution in [0, 0.1) is 21.7 Å². The van der Waals surface area contributed by atoms with Crippen LogP contribution in [0.2, 0.25) is 0 Å². The van der Waals surface area contributed by atoms with Crippen LogP contribution >= 0.6 is 0 Å². The Morgan fingerprint density at radius 3 is 2.24 bits per heavy atom. The summed E-state index contributed by atoms with van der Waals surface area (Å²) in [5, 5.41) is 11.2. The summed E-state index contributed by atoms with van der Waals surface area (Å²) in [5.74, 6) is -3.02. The Morgan fingerprint density at radius 1 is 1.00 bits per heavy atom. The van der Waals surface area contributed by atoms with E-state index in [2.05, 4.69) is 0 Å². The van der Waals surface area contributed by atoms with Crippen LogP contribution in [0.15, 0.2) is 72.8 Å². The summed E-state index contributed by atoms with van der Waals surface area (Å²) in [4.78, 5) is 51.9. The number of benzene rings is 3. The van der Waals surface area contributed by atoms with Crippen molar-refractivity contribution < 1.29 is 28.1 Å². The van der Waals surface area contributed by atoms with Crippen molar-refractivity contribution in [3.63, 3.8) is 0 Å². The zero-order chi connectivity index (χ0) is 24.4. The highest BCUT2D eigenvalue weighted by Gasteiger charge is 2.44. The molecule has 1 unspecified atom stereocenters. The number of hydrogen-bond acceptors (Lipinski definition) is 5. The molecule has 34 heavy (non-hydrogen) atoms. The van der Waals surface area contributed by atoms with Gasteiger partial charge in [-0.1, -0.05) is 18.2 Å². The molecule has 0 spiro atoms. The number of rotatable bonds is 6. The second kappa shape index (κ2) is 9.18. The molecule has 3 aromatic rings. The van der Waals surface area contributed by atoms with Gasteiger partial charge in [0.05, 0.1) is 17.0 Å². The number of nitro benzene ring substituents is 1. The molecule has 4 rings (SSSR count). The first-order valence-electron chi connectivity index (χ1n) is 10.2. The van der Waals surface area contributed by atoms with Crippen LogP contribution in [-0.2, 0) is 16.1 Å². The Labute approximate surface area is 192 Å². The number of imide groups is 1. The van der Waals surface area contributed by atoms with Gasteiger partial charge in [-0.2, -0.15) is 0 Å². The molecule has 1 aliphatic rings. The summed E-state index contributed by atoms with van der Waals surface area (Å²) in [7, 11) is 0. The van der Waals surface area contributed by atoms with E-state index in [1.807, 2.05) is 0 Å². The molecule has 10 heteroatoms. The molecular weight excluding hydrogens is 448 g/mol. The summed E-state index contributed by atoms with van der Waals surface area (Å²) in [6.07, 6.45) is -0.335. The van der Waals surface area contributed by atoms with Crippen molar-refractivity contribution in [3.05, 3.63) is 106 Å². The molecular formula is C24H17F2N3O5. The summed E-state index contributed by atoms with van der Waals surface area (Å²) >= 11 is 0. The first-order chi connectivity index (χ1) is 16.2. The molecule has 3 aromatic carbocycles. The number of nitrogens with zero attached hydrogens (tertiary/aromatic N) is 3. The van der Waals surface area contributed by atoms with Crippen LogP contribution in [0.1, 0.15) is 22.3 Å². The minimum absolute atomic E-state index is 0.0446. The van der Waals surface area contributed by atoms with Gasteiger partial charge in [0.2, 0.25) is 5.91 Å². The molecule has 172 valence electrons. The van der Waals surface area contributed by atoms with E-state index in [0.717, 1.165) is 28.0 Å².